The molecule has 9 heavy (non-hydrogen) atoms. The number of allylic oxidation sites excluding steroid dienone is 2. The van der Waals surface area contributed by atoms with Gasteiger partial charge in [-0.15, -0.1) is 0 Å². The third kappa shape index (κ3) is 1.36. The standard InChI is InChI=1S/C6H11O2P/c1-3-9(7)5-4-6(2)8-9/h4H,3,5H2,1-2H3. The molecule has 0 aliphatic carbocycles. The summed E-state index contributed by atoms with van der Waals surface area (Å²) in [6.07, 6.45) is 3.18. The summed E-state index contributed by atoms with van der Waals surface area (Å²) in [4.78, 5) is 0. The van der Waals surface area contributed by atoms with Crippen molar-refractivity contribution in [1.29, 1.82) is 0 Å². The molecule has 52 valence electrons. The second-order valence-corrected chi connectivity index (χ2v) is 5.03. The zero-order valence-electron chi connectivity index (χ0n) is 5.76. The summed E-state index contributed by atoms with van der Waals surface area (Å²) in [6.45, 7) is 3.74. The highest BCUT2D eigenvalue weighted by Crippen LogP contribution is 2.52. The molecule has 0 bridgehead atoms. The van der Waals surface area contributed by atoms with E-state index in [-0.39, 0.29) is 0 Å². The van der Waals surface area contributed by atoms with Gasteiger partial charge in [0.05, 0.1) is 11.9 Å². The van der Waals surface area contributed by atoms with Crippen LogP contribution in [0.4, 0.5) is 0 Å². The maximum absolute atomic E-state index is 11.3. The third-order valence-electron chi connectivity index (χ3n) is 1.45. The molecule has 0 aromatic heterocycles. The van der Waals surface area contributed by atoms with Crippen molar-refractivity contribution in [3.05, 3.63) is 11.8 Å². The van der Waals surface area contributed by atoms with Crippen LogP contribution in [0.5, 0.6) is 0 Å². The topological polar surface area (TPSA) is 26.3 Å². The molecule has 0 fully saturated rings. The molecular weight excluding hydrogens is 135 g/mol. The van der Waals surface area contributed by atoms with Crippen molar-refractivity contribution >= 4 is 7.37 Å². The van der Waals surface area contributed by atoms with Gasteiger partial charge in [-0.05, 0) is 13.0 Å². The Morgan fingerprint density at radius 3 is 2.78 bits per heavy atom. The zero-order chi connectivity index (χ0) is 6.91. The van der Waals surface area contributed by atoms with Crippen LogP contribution >= 0.6 is 7.37 Å². The van der Waals surface area contributed by atoms with Gasteiger partial charge in [-0.2, -0.15) is 0 Å². The van der Waals surface area contributed by atoms with Gasteiger partial charge in [0, 0.05) is 6.16 Å². The summed E-state index contributed by atoms with van der Waals surface area (Å²) >= 11 is 0. The monoisotopic (exact) mass is 146 g/mol. The molecule has 0 aromatic rings. The molecule has 0 N–H and O–H groups in total. The molecule has 0 amide bonds. The van der Waals surface area contributed by atoms with Crippen LogP contribution in [-0.2, 0) is 9.09 Å². The smallest absolute Gasteiger partial charge is 0.251 e. The normalized spacial score (nSPS) is 33.8. The highest BCUT2D eigenvalue weighted by atomic mass is 31.2. The molecule has 1 unspecified atom stereocenters. The van der Waals surface area contributed by atoms with Crippen LogP contribution in [0.1, 0.15) is 13.8 Å². The van der Waals surface area contributed by atoms with Crippen LogP contribution in [0.2, 0.25) is 0 Å². The Hall–Kier alpha value is -0.230. The van der Waals surface area contributed by atoms with E-state index in [2.05, 4.69) is 0 Å². The van der Waals surface area contributed by atoms with Crippen LogP contribution < -0.4 is 0 Å². The molecule has 1 aliphatic rings. The van der Waals surface area contributed by atoms with Gasteiger partial charge in [-0.1, -0.05) is 6.92 Å². The fourth-order valence-electron chi connectivity index (χ4n) is 0.798. The predicted molar refractivity (Wildman–Crippen MR) is 37.9 cm³/mol. The van der Waals surface area contributed by atoms with Gasteiger partial charge < -0.3 is 4.52 Å². The van der Waals surface area contributed by atoms with E-state index in [4.69, 9.17) is 4.52 Å². The molecule has 1 aliphatic heterocycles. The molecule has 0 saturated carbocycles. The minimum atomic E-state index is -2.20. The minimum Gasteiger partial charge on any atom is -0.448 e. The highest BCUT2D eigenvalue weighted by molar-refractivity contribution is 7.59. The average molecular weight is 146 g/mol. The Labute approximate surface area is 55.4 Å². The lowest BCUT2D eigenvalue weighted by Crippen LogP contribution is -1.85. The summed E-state index contributed by atoms with van der Waals surface area (Å²) in [5.74, 6) is 0.820. The lowest BCUT2D eigenvalue weighted by Gasteiger charge is -2.08. The average Bonchev–Trinajstić information content (AvgIpc) is 2.13. The molecule has 0 aromatic carbocycles. The van der Waals surface area contributed by atoms with Gasteiger partial charge in [-0.25, -0.2) is 0 Å². The van der Waals surface area contributed by atoms with E-state index < -0.39 is 7.37 Å². The van der Waals surface area contributed by atoms with E-state index in [9.17, 15) is 4.57 Å². The van der Waals surface area contributed by atoms with Crippen molar-refractivity contribution in [2.45, 2.75) is 13.8 Å². The lowest BCUT2D eigenvalue weighted by atomic mass is 10.5. The van der Waals surface area contributed by atoms with Crippen molar-refractivity contribution in [3.8, 4) is 0 Å². The quantitative estimate of drug-likeness (QED) is 0.530. The first-order valence-electron chi connectivity index (χ1n) is 3.11. The molecule has 0 spiro atoms. The van der Waals surface area contributed by atoms with Crippen molar-refractivity contribution in [2.24, 2.45) is 0 Å². The Balaban J connectivity index is 2.64. The van der Waals surface area contributed by atoms with Crippen molar-refractivity contribution in [2.75, 3.05) is 12.3 Å². The molecule has 0 saturated heterocycles. The molecule has 0 radical (unpaired) electrons. The number of hydrogen-bond donors (Lipinski definition) is 0. The van der Waals surface area contributed by atoms with Gasteiger partial charge in [0.15, 0.2) is 0 Å². The van der Waals surface area contributed by atoms with Crippen LogP contribution in [0.15, 0.2) is 11.8 Å². The summed E-state index contributed by atoms with van der Waals surface area (Å²) < 4.78 is 16.4. The first-order valence-corrected chi connectivity index (χ1v) is 5.10. The Morgan fingerprint density at radius 2 is 2.56 bits per heavy atom. The summed E-state index contributed by atoms with van der Waals surface area (Å²) in [5, 5.41) is 0. The largest absolute Gasteiger partial charge is 0.448 e. The highest BCUT2D eigenvalue weighted by Gasteiger charge is 2.25. The summed E-state index contributed by atoms with van der Waals surface area (Å²) in [7, 11) is -2.20. The zero-order valence-corrected chi connectivity index (χ0v) is 6.65. The van der Waals surface area contributed by atoms with E-state index >= 15 is 0 Å². The van der Waals surface area contributed by atoms with E-state index in [0.717, 1.165) is 5.76 Å². The van der Waals surface area contributed by atoms with E-state index in [1.165, 1.54) is 0 Å². The minimum absolute atomic E-state index is 0.634. The second kappa shape index (κ2) is 2.18. The fourth-order valence-corrected chi connectivity index (χ4v) is 2.39. The molecule has 1 atom stereocenters. The van der Waals surface area contributed by atoms with Crippen molar-refractivity contribution < 1.29 is 9.09 Å². The molecule has 1 rings (SSSR count). The number of rotatable bonds is 1. The summed E-state index contributed by atoms with van der Waals surface area (Å²) in [5.41, 5.74) is 0. The lowest BCUT2D eigenvalue weighted by molar-refractivity contribution is 0.421. The van der Waals surface area contributed by atoms with Crippen LogP contribution in [-0.4, -0.2) is 12.3 Å². The van der Waals surface area contributed by atoms with Crippen LogP contribution in [0.3, 0.4) is 0 Å². The molecule has 3 heteroatoms. The first-order chi connectivity index (χ1) is 4.16. The van der Waals surface area contributed by atoms with E-state index in [1.54, 1.807) is 0 Å². The Bertz CT molecular complexity index is 183. The van der Waals surface area contributed by atoms with Crippen LogP contribution in [0, 0.1) is 0 Å². The number of hydrogen-bond acceptors (Lipinski definition) is 2. The summed E-state index contributed by atoms with van der Waals surface area (Å²) in [6, 6.07) is 0. The van der Waals surface area contributed by atoms with Gasteiger partial charge in [0.2, 0.25) is 0 Å². The maximum atomic E-state index is 11.3. The van der Waals surface area contributed by atoms with E-state index in [1.807, 2.05) is 19.9 Å². The Kier molecular flexibility index (Phi) is 1.67. The maximum Gasteiger partial charge on any atom is 0.251 e. The van der Waals surface area contributed by atoms with E-state index in [0.29, 0.717) is 12.3 Å². The first kappa shape index (κ1) is 6.88. The van der Waals surface area contributed by atoms with Gasteiger partial charge in [-0.3, -0.25) is 4.57 Å². The molecule has 1 heterocycles. The fraction of sp³-hybridized carbons (Fsp3) is 0.667. The predicted octanol–water partition coefficient (Wildman–Crippen LogP) is 2.22. The SMILES string of the molecule is CCP1(=O)CC=C(C)O1. The van der Waals surface area contributed by atoms with Gasteiger partial charge in [0.1, 0.15) is 0 Å². The third-order valence-corrected chi connectivity index (χ3v) is 3.77. The van der Waals surface area contributed by atoms with Gasteiger partial charge >= 0.3 is 0 Å². The molecule has 2 nitrogen and oxygen atoms in total. The second-order valence-electron chi connectivity index (χ2n) is 2.22. The van der Waals surface area contributed by atoms with Crippen LogP contribution in [0.25, 0.3) is 0 Å². The van der Waals surface area contributed by atoms with Crippen molar-refractivity contribution in [1.82, 2.24) is 0 Å². The Morgan fingerprint density at radius 1 is 1.89 bits per heavy atom. The van der Waals surface area contributed by atoms with Crippen molar-refractivity contribution in [3.63, 3.8) is 0 Å². The van der Waals surface area contributed by atoms with Gasteiger partial charge in [0.25, 0.3) is 7.37 Å². The molecular formula is C6H11O2P.